The van der Waals surface area contributed by atoms with Crippen molar-refractivity contribution in [2.75, 3.05) is 45.9 Å². The van der Waals surface area contributed by atoms with E-state index in [1.54, 1.807) is 6.07 Å². The number of carboxylic acids is 2. The highest BCUT2D eigenvalue weighted by Crippen LogP contribution is 2.33. The van der Waals surface area contributed by atoms with E-state index in [4.69, 9.17) is 24.5 Å². The van der Waals surface area contributed by atoms with Crippen LogP contribution in [-0.4, -0.2) is 117 Å². The van der Waals surface area contributed by atoms with Gasteiger partial charge >= 0.3 is 24.3 Å². The Kier molecular flexibility index (Phi) is 15.8. The van der Waals surface area contributed by atoms with Crippen molar-refractivity contribution >= 4 is 40.1 Å². The molecule has 4 aromatic rings. The zero-order valence-corrected chi connectivity index (χ0v) is 32.4. The second-order valence-electron chi connectivity index (χ2n) is 13.8. The second kappa shape index (κ2) is 19.9. The number of benzene rings is 2. The number of aromatic nitrogens is 1. The van der Waals surface area contributed by atoms with E-state index in [0.29, 0.717) is 68.7 Å². The molecule has 1 atom stereocenters. The molecule has 0 saturated carbocycles. The number of hydrogen-bond acceptors (Lipinski definition) is 10. The molecule has 13 nitrogen and oxygen atoms in total. The number of alkyl halides is 6. The number of morpholine rings is 1. The summed E-state index contributed by atoms with van der Waals surface area (Å²) in [4.78, 5) is 51.0. The fraction of sp³-hybridized carbons (Fsp3) is 0.421. The van der Waals surface area contributed by atoms with Crippen LogP contribution in [0, 0.1) is 18.6 Å². The number of fused-ring (bicyclic) bond motifs is 1. The third-order valence-electron chi connectivity index (χ3n) is 9.55. The lowest BCUT2D eigenvalue weighted by atomic mass is 9.89. The maximum absolute atomic E-state index is 15.6. The van der Waals surface area contributed by atoms with E-state index >= 15 is 4.39 Å². The number of aromatic amines is 1. The number of carbonyl (C=O) groups is 3. The number of nitrogens with one attached hydrogen (secondary N) is 2. The highest BCUT2D eigenvalue weighted by molar-refractivity contribution is 7.13. The number of carboxylic acid groups (broad SMARTS) is 2. The first-order chi connectivity index (χ1) is 28.0. The maximum Gasteiger partial charge on any atom is 0.490 e. The van der Waals surface area contributed by atoms with Crippen molar-refractivity contribution < 1.29 is 74.7 Å². The fourth-order valence-corrected chi connectivity index (χ4v) is 7.33. The minimum Gasteiger partial charge on any atom is -0.506 e. The number of pyridine rings is 1. The molecule has 0 unspecified atom stereocenters. The van der Waals surface area contributed by atoms with Gasteiger partial charge in [0.15, 0.2) is 0 Å². The summed E-state index contributed by atoms with van der Waals surface area (Å²) >= 11 is 1.50. The van der Waals surface area contributed by atoms with Gasteiger partial charge in [-0.2, -0.15) is 26.3 Å². The van der Waals surface area contributed by atoms with Crippen LogP contribution in [0.4, 0.5) is 35.1 Å². The average Bonchev–Trinajstić information content (AvgIpc) is 3.62. The Labute approximate surface area is 339 Å². The predicted molar refractivity (Wildman–Crippen MR) is 200 cm³/mol. The van der Waals surface area contributed by atoms with Gasteiger partial charge in [-0.3, -0.25) is 14.5 Å². The van der Waals surface area contributed by atoms with E-state index in [9.17, 15) is 50.5 Å². The number of aryl methyl sites for hydroxylation is 1. The molecule has 22 heteroatoms. The minimum absolute atomic E-state index is 0.00536. The van der Waals surface area contributed by atoms with Crippen molar-refractivity contribution in [3.8, 4) is 5.75 Å². The lowest BCUT2D eigenvalue weighted by Crippen LogP contribution is -2.57. The van der Waals surface area contributed by atoms with Crippen LogP contribution in [0.25, 0.3) is 10.9 Å². The van der Waals surface area contributed by atoms with Gasteiger partial charge in [-0.05, 0) is 68.6 Å². The number of H-pyrrole nitrogens is 1. The van der Waals surface area contributed by atoms with E-state index in [1.165, 1.54) is 41.7 Å². The van der Waals surface area contributed by atoms with Crippen molar-refractivity contribution in [1.82, 2.24) is 20.1 Å². The normalized spacial score (nSPS) is 16.1. The molecule has 0 bridgehead atoms. The predicted octanol–water partition coefficient (Wildman–Crippen LogP) is 5.52. The fourth-order valence-electron chi connectivity index (χ4n) is 6.49. The molecule has 2 saturated heterocycles. The molecule has 328 valence electrons. The number of phenolic OH excluding ortho intramolecular Hbond substituents is 1. The number of aliphatic hydroxyl groups excluding tert-OH is 1. The van der Waals surface area contributed by atoms with Crippen molar-refractivity contribution in [3.05, 3.63) is 97.0 Å². The molecule has 6 N–H and O–H groups in total. The van der Waals surface area contributed by atoms with Crippen molar-refractivity contribution in [3.63, 3.8) is 0 Å². The summed E-state index contributed by atoms with van der Waals surface area (Å²) in [6.45, 7) is 5.60. The molecular weight excluding hydrogens is 840 g/mol. The third kappa shape index (κ3) is 12.7. The van der Waals surface area contributed by atoms with Gasteiger partial charge in [0.25, 0.3) is 5.91 Å². The highest BCUT2D eigenvalue weighted by atomic mass is 32.1. The summed E-state index contributed by atoms with van der Waals surface area (Å²) in [5, 5.41) is 38.7. The van der Waals surface area contributed by atoms with Crippen molar-refractivity contribution in [2.24, 2.45) is 0 Å². The summed E-state index contributed by atoms with van der Waals surface area (Å²) in [6, 6.07) is 12.5. The van der Waals surface area contributed by atoms with Crippen molar-refractivity contribution in [2.45, 2.75) is 56.8 Å². The first-order valence-electron chi connectivity index (χ1n) is 18.0. The van der Waals surface area contributed by atoms with E-state index in [-0.39, 0.29) is 47.8 Å². The van der Waals surface area contributed by atoms with Crippen LogP contribution in [0.3, 0.4) is 0 Å². The molecule has 4 heterocycles. The summed E-state index contributed by atoms with van der Waals surface area (Å²) in [6.07, 6.45) is -9.62. The van der Waals surface area contributed by atoms with Crippen LogP contribution >= 0.6 is 11.3 Å². The van der Waals surface area contributed by atoms with Gasteiger partial charge < -0.3 is 40.4 Å². The van der Waals surface area contributed by atoms with Crippen LogP contribution in [0.15, 0.2) is 53.3 Å². The van der Waals surface area contributed by atoms with Crippen molar-refractivity contribution in [1.29, 1.82) is 0 Å². The molecular formula is C38H40F8N4O9S. The quantitative estimate of drug-likeness (QED) is 0.0917. The van der Waals surface area contributed by atoms with Gasteiger partial charge in [0.1, 0.15) is 17.4 Å². The maximum atomic E-state index is 15.6. The average molecular weight is 881 g/mol. The number of amides is 1. The highest BCUT2D eigenvalue weighted by Gasteiger charge is 2.42. The number of phenols is 1. The van der Waals surface area contributed by atoms with Gasteiger partial charge in [0.2, 0.25) is 5.56 Å². The molecule has 0 aliphatic carbocycles. The van der Waals surface area contributed by atoms with Gasteiger partial charge in [0.05, 0.1) is 35.3 Å². The van der Waals surface area contributed by atoms with Gasteiger partial charge in [-0.25, -0.2) is 18.4 Å². The van der Waals surface area contributed by atoms with Gasteiger partial charge in [-0.15, -0.1) is 11.3 Å². The third-order valence-corrected chi connectivity index (χ3v) is 10.5. The number of nitrogens with zero attached hydrogens (tertiary/aromatic N) is 2. The Morgan fingerprint density at radius 2 is 1.57 bits per heavy atom. The number of hydrogen-bond donors (Lipinski definition) is 6. The Morgan fingerprint density at radius 1 is 0.933 bits per heavy atom. The molecule has 1 spiro atoms. The largest absolute Gasteiger partial charge is 0.506 e. The Balaban J connectivity index is 0.000000488. The molecule has 2 aromatic carbocycles. The summed E-state index contributed by atoms with van der Waals surface area (Å²) in [7, 11) is 0. The zero-order valence-electron chi connectivity index (χ0n) is 31.6. The Hall–Kier alpha value is -5.16. The lowest BCUT2D eigenvalue weighted by molar-refractivity contribution is -0.193. The number of piperidine rings is 1. The number of aromatic hydroxyl groups is 1. The van der Waals surface area contributed by atoms with E-state index in [2.05, 4.69) is 15.2 Å². The van der Waals surface area contributed by atoms with Crippen LogP contribution < -0.4 is 10.9 Å². The molecule has 60 heavy (non-hydrogen) atoms. The molecule has 0 radical (unpaired) electrons. The molecule has 2 fully saturated rings. The first-order valence-corrected chi connectivity index (χ1v) is 18.8. The second-order valence-corrected chi connectivity index (χ2v) is 15.1. The van der Waals surface area contributed by atoms with E-state index in [1.807, 2.05) is 24.0 Å². The van der Waals surface area contributed by atoms with Crippen LogP contribution in [0.1, 0.15) is 50.2 Å². The van der Waals surface area contributed by atoms with Crippen LogP contribution in [-0.2, 0) is 27.3 Å². The smallest absolute Gasteiger partial charge is 0.490 e. The number of halogens is 8. The number of thiophene rings is 1. The molecule has 1 amide bonds. The molecule has 2 aliphatic heterocycles. The standard InChI is InChI=1S/C34H38F2N4O5S.2C2HF3O2/c1-21-2-8-29(46-21)33(44)40-16-17-45-34(20-40)11-14-39(15-12-34)19-22-3-6-26(35)25(31(22)36)10-13-37-18-28(42)23-4-7-27(41)32-24(23)5-9-30(43)38-32;2*3-2(4,5)1(6)7/h2-9,28,37,41-42H,10-20H2,1H3,(H,38,43);2*(H,6,7)/t28-;;/m0../s1. The SMILES string of the molecule is Cc1ccc(C(=O)N2CCOC3(CCN(Cc4ccc(F)c(CCNC[C@H](O)c5ccc(O)c6[nH]c(=O)ccc56)c4F)CC3)C2)s1.O=C(O)C(F)(F)F.O=C(O)C(F)(F)F. The zero-order chi connectivity index (χ0) is 44.6. The van der Waals surface area contributed by atoms with Crippen LogP contribution in [0.2, 0.25) is 0 Å². The van der Waals surface area contributed by atoms with E-state index < -0.39 is 47.6 Å². The van der Waals surface area contributed by atoms with Gasteiger partial charge in [-0.1, -0.05) is 12.1 Å². The monoisotopic (exact) mass is 880 g/mol. The summed E-state index contributed by atoms with van der Waals surface area (Å²) < 4.78 is 100. The number of ether oxygens (including phenoxy) is 1. The summed E-state index contributed by atoms with van der Waals surface area (Å²) in [5.41, 5.74) is 0.380. The Morgan fingerprint density at radius 3 is 2.15 bits per heavy atom. The number of aliphatic carboxylic acids is 2. The number of rotatable bonds is 9. The first kappa shape index (κ1) is 47.5. The van der Waals surface area contributed by atoms with E-state index in [0.717, 1.165) is 9.75 Å². The molecule has 6 rings (SSSR count). The summed E-state index contributed by atoms with van der Waals surface area (Å²) in [5.74, 6) is -6.75. The molecule has 2 aromatic heterocycles. The number of aliphatic hydroxyl groups is 1. The minimum atomic E-state index is -5.08. The van der Waals surface area contributed by atoms with Crippen LogP contribution in [0.5, 0.6) is 5.75 Å². The number of carbonyl (C=O) groups excluding carboxylic acids is 1. The molecule has 2 aliphatic rings. The topological polar surface area (TPSA) is 193 Å². The number of likely N-dealkylation sites (tertiary alicyclic amines) is 1. The van der Waals surface area contributed by atoms with Gasteiger partial charge in [0, 0.05) is 60.2 Å². The lowest BCUT2D eigenvalue weighted by Gasteiger charge is -2.47. The Bertz CT molecular complexity index is 2180.